The molecule has 0 saturated carbocycles. The molecule has 6 aromatic rings. The molecule has 2 unspecified atom stereocenters. The van der Waals surface area contributed by atoms with Crippen LogP contribution in [0.2, 0.25) is 0 Å². The van der Waals surface area contributed by atoms with Crippen molar-refractivity contribution in [1.29, 1.82) is 0 Å². The van der Waals surface area contributed by atoms with Gasteiger partial charge in [0.05, 0.1) is 48.4 Å². The number of anilines is 1. The minimum Gasteiger partial charge on any atom is -0.453 e. The van der Waals surface area contributed by atoms with E-state index < -0.39 is 24.3 Å². The largest absolute Gasteiger partial charge is 0.453 e. The number of rotatable bonds is 10. The fourth-order valence-electron chi connectivity index (χ4n) is 9.89. The second-order valence-corrected chi connectivity index (χ2v) is 18.2. The molecule has 4 amide bonds. The number of hydrogen-bond donors (Lipinski definition) is 5. The number of benzene rings is 3. The molecular formula is C48H58N10O6. The molecule has 2 saturated heterocycles. The smallest absolute Gasteiger partial charge is 0.407 e. The molecule has 5 N–H and O–H groups in total. The summed E-state index contributed by atoms with van der Waals surface area (Å²) in [7, 11) is 2.60. The Hall–Kier alpha value is -6.58. The van der Waals surface area contributed by atoms with E-state index in [0.29, 0.717) is 13.1 Å². The number of methoxy groups -OCH3 is 2. The van der Waals surface area contributed by atoms with Crippen LogP contribution in [0.3, 0.4) is 0 Å². The highest BCUT2D eigenvalue weighted by Gasteiger charge is 2.39. The lowest BCUT2D eigenvalue weighted by atomic mass is 10.0. The minimum absolute atomic E-state index is 0.101. The molecule has 2 fully saturated rings. The number of nitrogens with one attached hydrogen (secondary N) is 5. The minimum atomic E-state index is -0.688. The Kier molecular flexibility index (Phi) is 11.7. The van der Waals surface area contributed by atoms with Crippen LogP contribution in [0.15, 0.2) is 54.6 Å². The van der Waals surface area contributed by atoms with Crippen LogP contribution < -0.4 is 15.5 Å². The van der Waals surface area contributed by atoms with E-state index in [1.165, 1.54) is 30.7 Å². The zero-order chi connectivity index (χ0) is 44.8. The van der Waals surface area contributed by atoms with Gasteiger partial charge in [-0.05, 0) is 110 Å². The molecule has 4 atom stereocenters. The Morgan fingerprint density at radius 2 is 1.17 bits per heavy atom. The number of carbonyl (C=O) groups excluding carboxylic acids is 4. The SMILES string of the molecule is COC(=O)N[C@H](C(=O)N1CCCC1c1nc2ccc(-c3cc4cc5c(cc4[nH]3)CCN(c3ccc4nc(C6CCCN6C(=O)[C@H](NC(=O)OC)C(C)C)[nH]c4c3)CC5)cc2[nH]1)C(C)C. The van der Waals surface area contributed by atoms with E-state index in [1.54, 1.807) is 0 Å². The third kappa shape index (κ3) is 8.21. The van der Waals surface area contributed by atoms with Crippen molar-refractivity contribution in [2.75, 3.05) is 45.3 Å². The van der Waals surface area contributed by atoms with E-state index in [-0.39, 0.29) is 35.7 Å². The zero-order valence-corrected chi connectivity index (χ0v) is 37.4. The molecule has 3 aromatic carbocycles. The number of ether oxygens (including phenoxy) is 2. The molecule has 0 bridgehead atoms. The molecule has 3 aromatic heterocycles. The molecule has 6 heterocycles. The van der Waals surface area contributed by atoms with Gasteiger partial charge >= 0.3 is 12.2 Å². The van der Waals surface area contributed by atoms with Gasteiger partial charge in [-0.15, -0.1) is 0 Å². The van der Waals surface area contributed by atoms with Crippen molar-refractivity contribution >= 4 is 62.7 Å². The Balaban J connectivity index is 0.882. The summed E-state index contributed by atoms with van der Waals surface area (Å²) in [5.41, 5.74) is 10.5. The molecule has 9 rings (SSSR count). The lowest BCUT2D eigenvalue weighted by Crippen LogP contribution is -2.51. The fourth-order valence-corrected chi connectivity index (χ4v) is 9.89. The Bertz CT molecular complexity index is 2690. The highest BCUT2D eigenvalue weighted by molar-refractivity contribution is 5.91. The Labute approximate surface area is 371 Å². The second-order valence-electron chi connectivity index (χ2n) is 18.2. The normalized spacial score (nSPS) is 18.8. The van der Waals surface area contributed by atoms with Crippen LogP contribution in [0, 0.1) is 11.8 Å². The van der Waals surface area contributed by atoms with Crippen LogP contribution in [0.5, 0.6) is 0 Å². The van der Waals surface area contributed by atoms with Crippen LogP contribution in [-0.2, 0) is 31.9 Å². The van der Waals surface area contributed by atoms with E-state index in [0.717, 1.165) is 108 Å². The fraction of sp³-hybridized carbons (Fsp3) is 0.458. The Morgan fingerprint density at radius 1 is 0.641 bits per heavy atom. The van der Waals surface area contributed by atoms with Crippen molar-refractivity contribution < 1.29 is 28.7 Å². The van der Waals surface area contributed by atoms with Crippen LogP contribution in [0.1, 0.15) is 88.2 Å². The van der Waals surface area contributed by atoms with Gasteiger partial charge in [-0.25, -0.2) is 19.6 Å². The number of aromatic nitrogens is 5. The number of hydrogen-bond acceptors (Lipinski definition) is 9. The van der Waals surface area contributed by atoms with Crippen molar-refractivity contribution in [3.8, 4) is 11.3 Å². The molecule has 16 heteroatoms. The third-order valence-electron chi connectivity index (χ3n) is 13.4. The monoisotopic (exact) mass is 870 g/mol. The highest BCUT2D eigenvalue weighted by Crippen LogP contribution is 2.36. The molecule has 0 radical (unpaired) electrons. The number of amides is 4. The van der Waals surface area contributed by atoms with Crippen LogP contribution in [-0.4, -0.2) is 111 Å². The number of alkyl carbamates (subject to hydrolysis) is 2. The summed E-state index contributed by atoms with van der Waals surface area (Å²) >= 11 is 0. The number of likely N-dealkylation sites (tertiary alicyclic amines) is 2. The second kappa shape index (κ2) is 17.5. The molecule has 0 spiro atoms. The number of nitrogens with zero attached hydrogens (tertiary/aromatic N) is 5. The molecule has 16 nitrogen and oxygen atoms in total. The first-order valence-corrected chi connectivity index (χ1v) is 22.6. The van der Waals surface area contributed by atoms with Crippen LogP contribution >= 0.6 is 0 Å². The van der Waals surface area contributed by atoms with E-state index >= 15 is 0 Å². The maximum Gasteiger partial charge on any atom is 0.407 e. The summed E-state index contributed by atoms with van der Waals surface area (Å²) < 4.78 is 9.59. The maximum absolute atomic E-state index is 13.7. The first kappa shape index (κ1) is 42.7. The lowest BCUT2D eigenvalue weighted by Gasteiger charge is -2.29. The van der Waals surface area contributed by atoms with Crippen molar-refractivity contribution in [3.63, 3.8) is 0 Å². The summed E-state index contributed by atoms with van der Waals surface area (Å²) in [5.74, 6) is 1.06. The van der Waals surface area contributed by atoms with E-state index in [1.807, 2.05) is 43.6 Å². The molecule has 3 aliphatic rings. The van der Waals surface area contributed by atoms with Crippen LogP contribution in [0.25, 0.3) is 44.2 Å². The average Bonchev–Trinajstić information content (AvgIpc) is 4.14. The number of H-pyrrole nitrogens is 3. The summed E-state index contributed by atoms with van der Waals surface area (Å²) in [6.45, 7) is 10.6. The van der Waals surface area contributed by atoms with E-state index in [4.69, 9.17) is 19.4 Å². The van der Waals surface area contributed by atoms with Gasteiger partial charge in [-0.2, -0.15) is 0 Å². The van der Waals surface area contributed by atoms with Crippen molar-refractivity contribution in [3.05, 3.63) is 77.4 Å². The van der Waals surface area contributed by atoms with Gasteiger partial charge in [0.2, 0.25) is 11.8 Å². The predicted octanol–water partition coefficient (Wildman–Crippen LogP) is 7.28. The molecule has 64 heavy (non-hydrogen) atoms. The summed E-state index contributed by atoms with van der Waals surface area (Å²) in [6, 6.07) is 17.7. The number of aromatic amines is 3. The van der Waals surface area contributed by atoms with Gasteiger partial charge in [0.1, 0.15) is 23.7 Å². The number of carbonyl (C=O) groups is 4. The van der Waals surface area contributed by atoms with Crippen molar-refractivity contribution in [2.45, 2.75) is 90.4 Å². The molecule has 336 valence electrons. The third-order valence-corrected chi connectivity index (χ3v) is 13.4. The van der Waals surface area contributed by atoms with Gasteiger partial charge in [0, 0.05) is 54.0 Å². The molecule has 0 aliphatic carbocycles. The number of fused-ring (bicyclic) bond motifs is 4. The predicted molar refractivity (Wildman–Crippen MR) is 245 cm³/mol. The van der Waals surface area contributed by atoms with Gasteiger partial charge < -0.3 is 49.8 Å². The van der Waals surface area contributed by atoms with Gasteiger partial charge in [-0.1, -0.05) is 33.8 Å². The van der Waals surface area contributed by atoms with Gasteiger partial charge in [0.15, 0.2) is 0 Å². The summed E-state index contributed by atoms with van der Waals surface area (Å²) in [6.07, 6.45) is 3.88. The molecular weight excluding hydrogens is 813 g/mol. The van der Waals surface area contributed by atoms with Gasteiger partial charge in [-0.3, -0.25) is 9.59 Å². The standard InChI is InChI=1S/C48H58N10O6/c1-26(2)41(54-47(61)63-5)45(59)57-17-7-9-39(57)43-50-33-13-11-30(23-37(33)52-43)35-24-31-21-28-15-19-56(20-16-29(28)22-36(31)49-35)32-12-14-34-38(25-32)53-44(51-34)40-10-8-18-58(40)46(60)42(27(3)4)55-48(62)64-6/h11-14,21-27,39-42,49H,7-10,15-20H2,1-6H3,(H,50,52)(H,51,53)(H,54,61)(H,55,62)/t39?,40?,41-,42+/m0/s1. The highest BCUT2D eigenvalue weighted by atomic mass is 16.5. The van der Waals surface area contributed by atoms with E-state index in [9.17, 15) is 19.2 Å². The summed E-state index contributed by atoms with van der Waals surface area (Å²) in [4.78, 5) is 78.3. The quantitative estimate of drug-likeness (QED) is 0.0941. The zero-order valence-electron chi connectivity index (χ0n) is 37.4. The van der Waals surface area contributed by atoms with E-state index in [2.05, 4.69) is 79.0 Å². The summed E-state index contributed by atoms with van der Waals surface area (Å²) in [5, 5.41) is 6.62. The molecule has 3 aliphatic heterocycles. The maximum atomic E-state index is 13.7. The van der Waals surface area contributed by atoms with Crippen molar-refractivity contribution in [1.82, 2.24) is 45.4 Å². The Morgan fingerprint density at radius 3 is 1.72 bits per heavy atom. The average molecular weight is 871 g/mol. The topological polar surface area (TPSA) is 194 Å². The van der Waals surface area contributed by atoms with Crippen molar-refractivity contribution in [2.24, 2.45) is 11.8 Å². The van der Waals surface area contributed by atoms with Crippen LogP contribution in [0.4, 0.5) is 15.3 Å². The number of imidazole rings is 2. The first-order chi connectivity index (χ1) is 30.9. The lowest BCUT2D eigenvalue weighted by molar-refractivity contribution is -0.136. The van der Waals surface area contributed by atoms with Gasteiger partial charge in [0.25, 0.3) is 0 Å². The first-order valence-electron chi connectivity index (χ1n) is 22.6.